The van der Waals surface area contributed by atoms with Crippen molar-refractivity contribution in [1.29, 1.82) is 0 Å². The molecule has 0 heterocycles. The summed E-state index contributed by atoms with van der Waals surface area (Å²) in [4.78, 5) is 12.4. The number of carbonyl (C=O) groups excluding carboxylic acids is 1. The molecule has 3 nitrogen and oxygen atoms in total. The molecule has 0 aliphatic heterocycles. The molecule has 0 aromatic heterocycles. The van der Waals surface area contributed by atoms with Crippen LogP contribution in [0.15, 0.2) is 0 Å². The first kappa shape index (κ1) is 11.5. The van der Waals surface area contributed by atoms with Crippen LogP contribution in [0.3, 0.4) is 0 Å². The van der Waals surface area contributed by atoms with Gasteiger partial charge in [-0.05, 0) is 50.4 Å². The van der Waals surface area contributed by atoms with Crippen LogP contribution in [0, 0.1) is 17.8 Å². The van der Waals surface area contributed by atoms with Crippen LogP contribution in [0.5, 0.6) is 0 Å². The van der Waals surface area contributed by atoms with E-state index in [1.165, 1.54) is 25.7 Å². The first-order chi connectivity index (χ1) is 8.24. The molecule has 2 N–H and O–H groups in total. The van der Waals surface area contributed by atoms with E-state index in [9.17, 15) is 9.90 Å². The third kappa shape index (κ3) is 2.35. The van der Waals surface area contributed by atoms with Gasteiger partial charge in [-0.1, -0.05) is 12.8 Å². The Bertz CT molecular complexity index is 289. The van der Waals surface area contributed by atoms with Crippen molar-refractivity contribution in [2.45, 2.75) is 56.9 Å². The van der Waals surface area contributed by atoms with Crippen LogP contribution in [0.1, 0.15) is 51.4 Å². The first-order valence-corrected chi connectivity index (χ1v) is 7.17. The molecule has 0 spiro atoms. The van der Waals surface area contributed by atoms with Crippen molar-refractivity contribution < 1.29 is 9.90 Å². The summed E-state index contributed by atoms with van der Waals surface area (Å²) in [7, 11) is 0. The minimum Gasteiger partial charge on any atom is -0.394 e. The molecule has 0 radical (unpaired) electrons. The van der Waals surface area contributed by atoms with Gasteiger partial charge in [0.2, 0.25) is 5.91 Å². The molecule has 3 aliphatic rings. The standard InChI is InChI=1S/C14H23NO2/c16-9-14(7-1-2-8-14)15-13(17)12(10-3-4-10)11-5-6-11/h10-12,16H,1-9H2,(H,15,17). The van der Waals surface area contributed by atoms with E-state index in [1.807, 2.05) is 0 Å². The number of carbonyl (C=O) groups is 1. The van der Waals surface area contributed by atoms with E-state index in [0.717, 1.165) is 25.7 Å². The summed E-state index contributed by atoms with van der Waals surface area (Å²) >= 11 is 0. The van der Waals surface area contributed by atoms with E-state index < -0.39 is 0 Å². The molecule has 0 unspecified atom stereocenters. The largest absolute Gasteiger partial charge is 0.394 e. The minimum atomic E-state index is -0.279. The van der Waals surface area contributed by atoms with E-state index >= 15 is 0 Å². The molecule has 3 saturated carbocycles. The topological polar surface area (TPSA) is 49.3 Å². The van der Waals surface area contributed by atoms with Crippen LogP contribution < -0.4 is 5.32 Å². The van der Waals surface area contributed by atoms with E-state index in [4.69, 9.17) is 0 Å². The average Bonchev–Trinajstić information content (AvgIpc) is 3.23. The monoisotopic (exact) mass is 237 g/mol. The van der Waals surface area contributed by atoms with Crippen LogP contribution in [0.4, 0.5) is 0 Å². The third-order valence-corrected chi connectivity index (χ3v) is 4.81. The maximum atomic E-state index is 12.4. The SMILES string of the molecule is O=C(NC1(CO)CCCC1)C(C1CC1)C1CC1. The van der Waals surface area contributed by atoms with Gasteiger partial charge >= 0.3 is 0 Å². The van der Waals surface area contributed by atoms with Crippen molar-refractivity contribution >= 4 is 5.91 Å². The second-order valence-electron chi connectivity index (χ2n) is 6.34. The lowest BCUT2D eigenvalue weighted by Gasteiger charge is -2.30. The summed E-state index contributed by atoms with van der Waals surface area (Å²) in [5.41, 5.74) is -0.279. The molecule has 0 atom stereocenters. The number of aliphatic hydroxyl groups excluding tert-OH is 1. The molecule has 0 aromatic rings. The summed E-state index contributed by atoms with van der Waals surface area (Å²) in [6, 6.07) is 0. The number of nitrogens with one attached hydrogen (secondary N) is 1. The zero-order chi connectivity index (χ0) is 11.9. The lowest BCUT2D eigenvalue weighted by molar-refractivity contribution is -0.129. The van der Waals surface area contributed by atoms with Gasteiger partial charge in [0.05, 0.1) is 12.1 Å². The highest BCUT2D eigenvalue weighted by Gasteiger charge is 2.47. The Balaban J connectivity index is 1.64. The summed E-state index contributed by atoms with van der Waals surface area (Å²) < 4.78 is 0. The fourth-order valence-electron chi connectivity index (χ4n) is 3.44. The van der Waals surface area contributed by atoms with E-state index in [1.54, 1.807) is 0 Å². The summed E-state index contributed by atoms with van der Waals surface area (Å²) in [6.45, 7) is 0.112. The Labute approximate surface area is 103 Å². The molecule has 0 aromatic carbocycles. The number of hydrogen-bond acceptors (Lipinski definition) is 2. The number of rotatable bonds is 5. The average molecular weight is 237 g/mol. The second-order valence-corrected chi connectivity index (χ2v) is 6.34. The predicted octanol–water partition coefficient (Wildman–Crippen LogP) is 1.84. The van der Waals surface area contributed by atoms with Crippen LogP contribution in [0.2, 0.25) is 0 Å². The molecule has 3 rings (SSSR count). The summed E-state index contributed by atoms with van der Waals surface area (Å²) in [5, 5.41) is 12.7. The molecule has 3 aliphatic carbocycles. The molecular weight excluding hydrogens is 214 g/mol. The number of aliphatic hydroxyl groups is 1. The zero-order valence-corrected chi connectivity index (χ0v) is 10.5. The van der Waals surface area contributed by atoms with E-state index in [0.29, 0.717) is 11.8 Å². The molecule has 3 fully saturated rings. The molecule has 17 heavy (non-hydrogen) atoms. The highest BCUT2D eigenvalue weighted by molar-refractivity contribution is 5.80. The molecule has 3 heteroatoms. The Morgan fingerprint density at radius 1 is 1.18 bits per heavy atom. The lowest BCUT2D eigenvalue weighted by Crippen LogP contribution is -2.51. The molecular formula is C14H23NO2. The smallest absolute Gasteiger partial charge is 0.224 e. The normalized spacial score (nSPS) is 27.4. The highest BCUT2D eigenvalue weighted by Crippen LogP contribution is 2.49. The van der Waals surface area contributed by atoms with Gasteiger partial charge < -0.3 is 10.4 Å². The Morgan fingerprint density at radius 2 is 1.71 bits per heavy atom. The van der Waals surface area contributed by atoms with Gasteiger partial charge in [0.25, 0.3) is 0 Å². The second kappa shape index (κ2) is 4.27. The van der Waals surface area contributed by atoms with Gasteiger partial charge in [0.1, 0.15) is 0 Å². The van der Waals surface area contributed by atoms with Crippen LogP contribution in [-0.2, 0) is 4.79 Å². The Morgan fingerprint density at radius 3 is 2.12 bits per heavy atom. The van der Waals surface area contributed by atoms with Crippen LogP contribution >= 0.6 is 0 Å². The fraction of sp³-hybridized carbons (Fsp3) is 0.929. The zero-order valence-electron chi connectivity index (χ0n) is 10.5. The van der Waals surface area contributed by atoms with Crippen molar-refractivity contribution in [2.24, 2.45) is 17.8 Å². The summed E-state index contributed by atoms with van der Waals surface area (Å²) in [5.74, 6) is 1.81. The highest BCUT2D eigenvalue weighted by atomic mass is 16.3. The first-order valence-electron chi connectivity index (χ1n) is 7.17. The van der Waals surface area contributed by atoms with Gasteiger partial charge in [-0.15, -0.1) is 0 Å². The molecule has 0 saturated heterocycles. The number of amides is 1. The number of hydrogen-bond donors (Lipinski definition) is 2. The van der Waals surface area contributed by atoms with Crippen molar-refractivity contribution in [3.8, 4) is 0 Å². The van der Waals surface area contributed by atoms with Gasteiger partial charge in [0.15, 0.2) is 0 Å². The molecule has 96 valence electrons. The lowest BCUT2D eigenvalue weighted by atomic mass is 9.93. The predicted molar refractivity (Wildman–Crippen MR) is 65.4 cm³/mol. The third-order valence-electron chi connectivity index (χ3n) is 4.81. The van der Waals surface area contributed by atoms with Gasteiger partial charge in [0, 0.05) is 5.92 Å². The van der Waals surface area contributed by atoms with E-state index in [2.05, 4.69) is 5.32 Å². The maximum absolute atomic E-state index is 12.4. The minimum absolute atomic E-state index is 0.112. The maximum Gasteiger partial charge on any atom is 0.224 e. The van der Waals surface area contributed by atoms with Crippen LogP contribution in [-0.4, -0.2) is 23.2 Å². The van der Waals surface area contributed by atoms with Crippen molar-refractivity contribution in [1.82, 2.24) is 5.32 Å². The van der Waals surface area contributed by atoms with Gasteiger partial charge in [-0.3, -0.25) is 4.79 Å². The van der Waals surface area contributed by atoms with Crippen molar-refractivity contribution in [2.75, 3.05) is 6.61 Å². The Kier molecular flexibility index (Phi) is 2.89. The quantitative estimate of drug-likeness (QED) is 0.766. The van der Waals surface area contributed by atoms with Crippen molar-refractivity contribution in [3.63, 3.8) is 0 Å². The van der Waals surface area contributed by atoms with Gasteiger partial charge in [-0.2, -0.15) is 0 Å². The molecule has 0 bridgehead atoms. The van der Waals surface area contributed by atoms with Crippen LogP contribution in [0.25, 0.3) is 0 Å². The molecule has 1 amide bonds. The fourth-order valence-corrected chi connectivity index (χ4v) is 3.44. The summed E-state index contributed by atoms with van der Waals surface area (Å²) in [6.07, 6.45) is 9.13. The van der Waals surface area contributed by atoms with Gasteiger partial charge in [-0.25, -0.2) is 0 Å². The van der Waals surface area contributed by atoms with Crippen molar-refractivity contribution in [3.05, 3.63) is 0 Å². The van der Waals surface area contributed by atoms with E-state index in [-0.39, 0.29) is 24.0 Å². The Hall–Kier alpha value is -0.570.